The molecule has 0 fully saturated rings. The number of nitrogens with zero attached hydrogens (tertiary/aromatic N) is 2. The molecule has 1 aliphatic carbocycles. The number of anilines is 1. The van der Waals surface area contributed by atoms with Crippen molar-refractivity contribution in [2.24, 2.45) is 0 Å². The average molecular weight is 400 g/mol. The number of carbonyl (C=O) groups excluding carboxylic acids is 1. The fourth-order valence-corrected chi connectivity index (χ4v) is 3.97. The van der Waals surface area contributed by atoms with Crippen molar-refractivity contribution in [2.45, 2.75) is 36.7 Å². The molecule has 4 rings (SSSR count). The lowest BCUT2D eigenvalue weighted by Crippen LogP contribution is -2.22. The van der Waals surface area contributed by atoms with Crippen LogP contribution >= 0.6 is 23.4 Å². The van der Waals surface area contributed by atoms with Crippen molar-refractivity contribution in [1.29, 1.82) is 0 Å². The zero-order chi connectivity index (χ0) is 18.8. The summed E-state index contributed by atoms with van der Waals surface area (Å²) in [4.78, 5) is 12.5. The average Bonchev–Trinajstić information content (AvgIpc) is 3.30. The Morgan fingerprint density at radius 3 is 2.89 bits per heavy atom. The zero-order valence-corrected chi connectivity index (χ0v) is 16.3. The lowest BCUT2D eigenvalue weighted by molar-refractivity contribution is -0.115. The van der Waals surface area contributed by atoms with Crippen molar-refractivity contribution in [3.63, 3.8) is 0 Å². The van der Waals surface area contributed by atoms with Gasteiger partial charge in [-0.3, -0.25) is 4.79 Å². The highest BCUT2D eigenvalue weighted by Crippen LogP contribution is 2.29. The minimum Gasteiger partial charge on any atom is -0.411 e. The molecule has 0 aliphatic heterocycles. The van der Waals surface area contributed by atoms with Gasteiger partial charge in [-0.1, -0.05) is 35.5 Å². The van der Waals surface area contributed by atoms with Gasteiger partial charge in [0, 0.05) is 16.3 Å². The lowest BCUT2D eigenvalue weighted by Gasteiger charge is -2.11. The first-order valence-corrected chi connectivity index (χ1v) is 10.0. The number of aromatic nitrogens is 2. The molecule has 1 aliphatic rings. The number of amides is 1. The maximum Gasteiger partial charge on any atom is 0.277 e. The SMILES string of the molecule is C[C@@H](Sc1nnc(-c2cccc(Cl)c2)o1)C(=O)Nc1ccc2c(c1)CCC2. The predicted molar refractivity (Wildman–Crippen MR) is 107 cm³/mol. The predicted octanol–water partition coefficient (Wildman–Crippen LogP) is 5.00. The molecule has 0 radical (unpaired) electrons. The number of carbonyl (C=O) groups is 1. The Morgan fingerprint density at radius 2 is 2.04 bits per heavy atom. The number of hydrogen-bond acceptors (Lipinski definition) is 5. The number of aryl methyl sites for hydroxylation is 2. The molecule has 1 N–H and O–H groups in total. The smallest absolute Gasteiger partial charge is 0.277 e. The van der Waals surface area contributed by atoms with Crippen LogP contribution in [0.25, 0.3) is 11.5 Å². The number of halogens is 1. The van der Waals surface area contributed by atoms with Gasteiger partial charge in [0.2, 0.25) is 11.8 Å². The molecule has 0 unspecified atom stereocenters. The lowest BCUT2D eigenvalue weighted by atomic mass is 10.1. The van der Waals surface area contributed by atoms with E-state index in [1.54, 1.807) is 12.1 Å². The Morgan fingerprint density at radius 1 is 1.19 bits per heavy atom. The maximum atomic E-state index is 12.5. The van der Waals surface area contributed by atoms with Gasteiger partial charge in [0.1, 0.15) is 0 Å². The molecule has 1 amide bonds. The van der Waals surface area contributed by atoms with Crippen LogP contribution < -0.4 is 5.32 Å². The molecule has 1 aromatic heterocycles. The molecule has 1 atom stereocenters. The summed E-state index contributed by atoms with van der Waals surface area (Å²) in [5.41, 5.74) is 4.29. The molecule has 0 bridgehead atoms. The van der Waals surface area contributed by atoms with Crippen LogP contribution in [0.5, 0.6) is 0 Å². The summed E-state index contributed by atoms with van der Waals surface area (Å²) in [5, 5.41) is 11.6. The van der Waals surface area contributed by atoms with Gasteiger partial charge in [0.05, 0.1) is 5.25 Å². The minimum atomic E-state index is -0.370. The molecule has 2 aromatic carbocycles. The Labute approximate surface area is 166 Å². The summed E-state index contributed by atoms with van der Waals surface area (Å²) in [6.45, 7) is 1.82. The van der Waals surface area contributed by atoms with E-state index < -0.39 is 0 Å². The quantitative estimate of drug-likeness (QED) is 0.611. The summed E-state index contributed by atoms with van der Waals surface area (Å²) in [6.07, 6.45) is 3.39. The van der Waals surface area contributed by atoms with Gasteiger partial charge in [-0.2, -0.15) is 0 Å². The van der Waals surface area contributed by atoms with Crippen molar-refractivity contribution >= 4 is 35.0 Å². The van der Waals surface area contributed by atoms with E-state index >= 15 is 0 Å². The second-order valence-corrected chi connectivity index (χ2v) is 8.20. The number of rotatable bonds is 5. The third kappa shape index (κ3) is 4.17. The van der Waals surface area contributed by atoms with E-state index in [-0.39, 0.29) is 11.2 Å². The Kier molecular flexibility index (Phi) is 5.18. The summed E-state index contributed by atoms with van der Waals surface area (Å²) in [5.74, 6) is 0.284. The van der Waals surface area contributed by atoms with Crippen LogP contribution in [0.4, 0.5) is 5.69 Å². The molecular weight excluding hydrogens is 382 g/mol. The molecule has 3 aromatic rings. The van der Waals surface area contributed by atoms with Crippen molar-refractivity contribution in [2.75, 3.05) is 5.32 Å². The number of benzene rings is 2. The molecule has 7 heteroatoms. The molecular formula is C20H18ClN3O2S. The summed E-state index contributed by atoms with van der Waals surface area (Å²) in [6, 6.07) is 13.3. The van der Waals surface area contributed by atoms with Crippen LogP contribution in [0, 0.1) is 0 Å². The first-order chi connectivity index (χ1) is 13.1. The van der Waals surface area contributed by atoms with Crippen LogP contribution in [0.15, 0.2) is 52.1 Å². The molecule has 0 spiro atoms. The second-order valence-electron chi connectivity index (χ2n) is 6.47. The van der Waals surface area contributed by atoms with Gasteiger partial charge in [-0.05, 0) is 67.6 Å². The maximum absolute atomic E-state index is 12.5. The highest BCUT2D eigenvalue weighted by Gasteiger charge is 2.20. The van der Waals surface area contributed by atoms with E-state index in [1.807, 2.05) is 25.1 Å². The molecule has 27 heavy (non-hydrogen) atoms. The van der Waals surface area contributed by atoms with Gasteiger partial charge >= 0.3 is 0 Å². The first kappa shape index (κ1) is 18.1. The topological polar surface area (TPSA) is 68.0 Å². The van der Waals surface area contributed by atoms with Crippen molar-refractivity contribution < 1.29 is 9.21 Å². The number of thioether (sulfide) groups is 1. The Bertz CT molecular complexity index is 989. The highest BCUT2D eigenvalue weighted by atomic mass is 35.5. The molecule has 1 heterocycles. The molecule has 0 saturated heterocycles. The van der Waals surface area contributed by atoms with Crippen LogP contribution in [0.3, 0.4) is 0 Å². The summed E-state index contributed by atoms with van der Waals surface area (Å²) >= 11 is 7.22. The third-order valence-corrected chi connectivity index (χ3v) is 5.66. The zero-order valence-electron chi connectivity index (χ0n) is 14.7. The minimum absolute atomic E-state index is 0.0968. The highest BCUT2D eigenvalue weighted by molar-refractivity contribution is 8.00. The Hall–Kier alpha value is -2.31. The molecule has 0 saturated carbocycles. The third-order valence-electron chi connectivity index (χ3n) is 4.49. The van der Waals surface area contributed by atoms with Crippen molar-refractivity contribution in [1.82, 2.24) is 10.2 Å². The van der Waals surface area contributed by atoms with Crippen molar-refractivity contribution in [3.05, 3.63) is 58.6 Å². The fraction of sp³-hybridized carbons (Fsp3) is 0.250. The monoisotopic (exact) mass is 399 g/mol. The van der Waals surface area contributed by atoms with E-state index in [4.69, 9.17) is 16.0 Å². The normalized spacial score (nSPS) is 14.0. The van der Waals surface area contributed by atoms with Crippen LogP contribution in [0.2, 0.25) is 5.02 Å². The standard InChI is InChI=1S/C20H18ClN3O2S/c1-12(18(25)22-17-9-8-13-4-2-5-14(13)11-17)27-20-24-23-19(26-20)15-6-3-7-16(21)10-15/h3,6-12H,2,4-5H2,1H3,(H,22,25)/t12-/m1/s1. The second kappa shape index (κ2) is 7.74. The van der Waals surface area contributed by atoms with Crippen LogP contribution in [-0.4, -0.2) is 21.4 Å². The van der Waals surface area contributed by atoms with E-state index in [0.29, 0.717) is 16.1 Å². The van der Waals surface area contributed by atoms with E-state index in [1.165, 1.54) is 29.3 Å². The largest absolute Gasteiger partial charge is 0.411 e. The summed E-state index contributed by atoms with van der Waals surface area (Å²) in [7, 11) is 0. The number of fused-ring (bicyclic) bond motifs is 1. The molecule has 5 nitrogen and oxygen atoms in total. The van der Waals surface area contributed by atoms with Gasteiger partial charge in [-0.15, -0.1) is 10.2 Å². The van der Waals surface area contributed by atoms with Gasteiger partial charge in [0.15, 0.2) is 0 Å². The number of nitrogens with one attached hydrogen (secondary N) is 1. The summed E-state index contributed by atoms with van der Waals surface area (Å²) < 4.78 is 5.66. The van der Waals surface area contributed by atoms with Gasteiger partial charge < -0.3 is 9.73 Å². The fourth-order valence-electron chi connectivity index (χ4n) is 3.09. The Balaban J connectivity index is 1.40. The van der Waals surface area contributed by atoms with Gasteiger partial charge in [-0.25, -0.2) is 0 Å². The van der Waals surface area contributed by atoms with E-state index in [0.717, 1.165) is 24.1 Å². The van der Waals surface area contributed by atoms with Gasteiger partial charge in [0.25, 0.3) is 5.22 Å². The number of hydrogen-bond donors (Lipinski definition) is 1. The van der Waals surface area contributed by atoms with Crippen molar-refractivity contribution in [3.8, 4) is 11.5 Å². The van der Waals surface area contributed by atoms with Crippen LogP contribution in [0.1, 0.15) is 24.5 Å². The first-order valence-electron chi connectivity index (χ1n) is 8.77. The van der Waals surface area contributed by atoms with E-state index in [9.17, 15) is 4.79 Å². The van der Waals surface area contributed by atoms with E-state index in [2.05, 4.69) is 27.6 Å². The van der Waals surface area contributed by atoms with Crippen LogP contribution in [-0.2, 0) is 17.6 Å². The molecule has 138 valence electrons.